The van der Waals surface area contributed by atoms with Crippen molar-refractivity contribution >= 4 is 23.2 Å². The maximum atomic E-state index is 12.1. The summed E-state index contributed by atoms with van der Waals surface area (Å²) in [7, 11) is 0. The summed E-state index contributed by atoms with van der Waals surface area (Å²) >= 11 is 5.75. The van der Waals surface area contributed by atoms with E-state index >= 15 is 0 Å². The lowest BCUT2D eigenvalue weighted by Crippen LogP contribution is -2.24. The van der Waals surface area contributed by atoms with Gasteiger partial charge in [-0.3, -0.25) is 9.48 Å². The second-order valence-corrected chi connectivity index (χ2v) is 5.57. The highest BCUT2D eigenvalue weighted by Crippen LogP contribution is 2.15. The molecule has 0 spiro atoms. The van der Waals surface area contributed by atoms with Gasteiger partial charge in [0.05, 0.1) is 41.8 Å². The number of carbonyl (C=O) groups is 1. The number of hydrogen-bond donors (Lipinski definition) is 1. The van der Waals surface area contributed by atoms with E-state index in [9.17, 15) is 18.0 Å². The van der Waals surface area contributed by atoms with Gasteiger partial charge in [-0.1, -0.05) is 18.5 Å². The maximum Gasteiger partial charge on any atom is 0.411 e. The lowest BCUT2D eigenvalue weighted by molar-refractivity contribution is -0.182. The van der Waals surface area contributed by atoms with E-state index in [1.165, 1.54) is 18.6 Å². The molecule has 0 unspecified atom stereocenters. The van der Waals surface area contributed by atoms with Crippen LogP contribution in [0, 0.1) is 5.92 Å². The van der Waals surface area contributed by atoms with Crippen molar-refractivity contribution in [2.75, 3.05) is 11.9 Å². The van der Waals surface area contributed by atoms with E-state index in [-0.39, 0.29) is 12.6 Å². The standard InChI is InChI=1S/C13H15ClF3N5O2/c1-9(4-21-5-10(14)2-18-21)12(23)20-11-3-19-22(6-11)8-24-7-13(15,16)17/h2-3,5-6,9H,4,7-8H2,1H3,(H,20,23)/t9-/m0/s1. The van der Waals surface area contributed by atoms with Crippen molar-refractivity contribution in [3.63, 3.8) is 0 Å². The molecule has 0 saturated heterocycles. The van der Waals surface area contributed by atoms with Crippen molar-refractivity contribution in [2.24, 2.45) is 5.92 Å². The number of nitrogens with zero attached hydrogens (tertiary/aromatic N) is 4. The smallest absolute Gasteiger partial charge is 0.350 e. The normalized spacial score (nSPS) is 13.0. The van der Waals surface area contributed by atoms with Gasteiger partial charge in [-0.15, -0.1) is 0 Å². The lowest BCUT2D eigenvalue weighted by atomic mass is 10.1. The first kappa shape index (κ1) is 18.3. The minimum atomic E-state index is -4.39. The number of carbonyl (C=O) groups excluding carboxylic acids is 1. The molecule has 2 aromatic rings. The molecule has 2 aromatic heterocycles. The Balaban J connectivity index is 1.81. The highest BCUT2D eigenvalue weighted by molar-refractivity contribution is 6.30. The van der Waals surface area contributed by atoms with E-state index in [1.54, 1.807) is 17.8 Å². The summed E-state index contributed by atoms with van der Waals surface area (Å²) in [5.41, 5.74) is 0.362. The van der Waals surface area contributed by atoms with Crippen molar-refractivity contribution in [1.29, 1.82) is 0 Å². The van der Waals surface area contributed by atoms with Crippen LogP contribution in [-0.2, 0) is 22.8 Å². The molecule has 1 amide bonds. The molecule has 0 aliphatic heterocycles. The molecule has 0 saturated carbocycles. The van der Waals surface area contributed by atoms with Gasteiger partial charge in [-0.05, 0) is 0 Å². The first-order valence-electron chi connectivity index (χ1n) is 6.89. The van der Waals surface area contributed by atoms with Gasteiger partial charge in [-0.2, -0.15) is 23.4 Å². The second kappa shape index (κ2) is 7.67. The van der Waals surface area contributed by atoms with Crippen LogP contribution in [0.25, 0.3) is 0 Å². The topological polar surface area (TPSA) is 74.0 Å². The van der Waals surface area contributed by atoms with Gasteiger partial charge in [0.15, 0.2) is 0 Å². The van der Waals surface area contributed by atoms with Gasteiger partial charge in [0, 0.05) is 6.20 Å². The molecule has 24 heavy (non-hydrogen) atoms. The van der Waals surface area contributed by atoms with Crippen LogP contribution in [0.2, 0.25) is 5.02 Å². The number of hydrogen-bond acceptors (Lipinski definition) is 4. The van der Waals surface area contributed by atoms with E-state index in [2.05, 4.69) is 20.3 Å². The van der Waals surface area contributed by atoms with Gasteiger partial charge in [0.1, 0.15) is 13.3 Å². The quantitative estimate of drug-likeness (QED) is 0.818. The molecule has 0 aliphatic carbocycles. The molecule has 1 N–H and O–H groups in total. The number of halogens is 4. The minimum absolute atomic E-state index is 0.280. The highest BCUT2D eigenvalue weighted by Gasteiger charge is 2.27. The average molecular weight is 366 g/mol. The van der Waals surface area contributed by atoms with Crippen LogP contribution >= 0.6 is 11.6 Å². The highest BCUT2D eigenvalue weighted by atomic mass is 35.5. The van der Waals surface area contributed by atoms with Gasteiger partial charge in [0.2, 0.25) is 5.91 Å². The third kappa shape index (κ3) is 5.85. The SMILES string of the molecule is C[C@@H](Cn1cc(Cl)cn1)C(=O)Nc1cnn(COCC(F)(F)F)c1. The Hall–Kier alpha value is -2.07. The summed E-state index contributed by atoms with van der Waals surface area (Å²) < 4.78 is 43.1. The number of ether oxygens (including phenoxy) is 1. The summed E-state index contributed by atoms with van der Waals surface area (Å²) in [5, 5.41) is 10.9. The number of nitrogens with one attached hydrogen (secondary N) is 1. The van der Waals surface area contributed by atoms with Crippen molar-refractivity contribution in [2.45, 2.75) is 26.4 Å². The molecule has 1 atom stereocenters. The van der Waals surface area contributed by atoms with E-state index < -0.39 is 18.7 Å². The second-order valence-electron chi connectivity index (χ2n) is 5.13. The molecule has 0 fully saturated rings. The first-order chi connectivity index (χ1) is 11.2. The maximum absolute atomic E-state index is 12.1. The first-order valence-corrected chi connectivity index (χ1v) is 7.26. The molecule has 0 aliphatic rings. The molecule has 0 aromatic carbocycles. The Bertz CT molecular complexity index is 685. The van der Waals surface area contributed by atoms with E-state index in [1.807, 2.05) is 0 Å². The fraction of sp³-hybridized carbons (Fsp3) is 0.462. The third-order valence-electron chi connectivity index (χ3n) is 2.90. The fourth-order valence-corrected chi connectivity index (χ4v) is 1.98. The van der Waals surface area contributed by atoms with Gasteiger partial charge < -0.3 is 10.1 Å². The van der Waals surface area contributed by atoms with E-state index in [0.29, 0.717) is 17.3 Å². The molecule has 2 heterocycles. The van der Waals surface area contributed by atoms with Gasteiger partial charge in [0.25, 0.3) is 0 Å². The van der Waals surface area contributed by atoms with E-state index in [0.717, 1.165) is 4.68 Å². The number of rotatable bonds is 7. The third-order valence-corrected chi connectivity index (χ3v) is 3.10. The Morgan fingerprint density at radius 1 is 1.33 bits per heavy atom. The lowest BCUT2D eigenvalue weighted by Gasteiger charge is -2.11. The van der Waals surface area contributed by atoms with Crippen molar-refractivity contribution in [1.82, 2.24) is 19.6 Å². The number of amides is 1. The number of alkyl halides is 3. The zero-order valence-corrected chi connectivity index (χ0v) is 13.4. The molecular weight excluding hydrogens is 351 g/mol. The van der Waals surface area contributed by atoms with Crippen LogP contribution in [0.1, 0.15) is 6.92 Å². The fourth-order valence-electron chi connectivity index (χ4n) is 1.82. The zero-order chi connectivity index (χ0) is 17.7. The summed E-state index contributed by atoms with van der Waals surface area (Å²) in [5.74, 6) is -0.678. The van der Waals surface area contributed by atoms with Crippen molar-refractivity contribution in [3.05, 3.63) is 29.8 Å². The molecule has 132 valence electrons. The molecule has 0 radical (unpaired) electrons. The zero-order valence-electron chi connectivity index (χ0n) is 12.6. The molecule has 7 nitrogen and oxygen atoms in total. The number of anilines is 1. The predicted octanol–water partition coefficient (Wildman–Crippen LogP) is 2.54. The Morgan fingerprint density at radius 3 is 2.67 bits per heavy atom. The van der Waals surface area contributed by atoms with Crippen molar-refractivity contribution < 1.29 is 22.7 Å². The van der Waals surface area contributed by atoms with Crippen LogP contribution in [0.3, 0.4) is 0 Å². The van der Waals surface area contributed by atoms with Gasteiger partial charge in [-0.25, -0.2) is 4.68 Å². The Morgan fingerprint density at radius 2 is 2.04 bits per heavy atom. The molecular formula is C13H15ClF3N5O2. The average Bonchev–Trinajstić information content (AvgIpc) is 3.07. The summed E-state index contributed by atoms with van der Waals surface area (Å²) in [6, 6.07) is 0. The molecule has 11 heteroatoms. The summed E-state index contributed by atoms with van der Waals surface area (Å²) in [6.45, 7) is 0.317. The predicted molar refractivity (Wildman–Crippen MR) is 79.3 cm³/mol. The molecule has 0 bridgehead atoms. The molecule has 2 rings (SSSR count). The monoisotopic (exact) mass is 365 g/mol. The minimum Gasteiger partial charge on any atom is -0.350 e. The van der Waals surface area contributed by atoms with E-state index in [4.69, 9.17) is 11.6 Å². The Labute approximate surface area is 140 Å². The largest absolute Gasteiger partial charge is 0.411 e. The van der Waals surface area contributed by atoms with Crippen LogP contribution in [-0.4, -0.2) is 38.3 Å². The summed E-state index contributed by atoms with van der Waals surface area (Å²) in [4.78, 5) is 12.1. The summed E-state index contributed by atoms with van der Waals surface area (Å²) in [6.07, 6.45) is 1.38. The van der Waals surface area contributed by atoms with Crippen LogP contribution in [0.4, 0.5) is 18.9 Å². The van der Waals surface area contributed by atoms with Crippen LogP contribution in [0.5, 0.6) is 0 Å². The van der Waals surface area contributed by atoms with Crippen molar-refractivity contribution in [3.8, 4) is 0 Å². The van der Waals surface area contributed by atoms with Crippen LogP contribution in [0.15, 0.2) is 24.8 Å². The number of aromatic nitrogens is 4. The Kier molecular flexibility index (Phi) is 5.84. The van der Waals surface area contributed by atoms with Gasteiger partial charge >= 0.3 is 6.18 Å². The van der Waals surface area contributed by atoms with Crippen LogP contribution < -0.4 is 5.32 Å².